The van der Waals surface area contributed by atoms with Crippen molar-refractivity contribution < 1.29 is 0 Å². The summed E-state index contributed by atoms with van der Waals surface area (Å²) in [5.41, 5.74) is 3.20. The molecule has 3 aromatic rings. The lowest BCUT2D eigenvalue weighted by atomic mass is 10.0. The second-order valence-electron chi connectivity index (χ2n) is 7.08. The quantitative estimate of drug-likeness (QED) is 0.407. The highest BCUT2D eigenvalue weighted by molar-refractivity contribution is 7.98. The minimum atomic E-state index is 0.367. The molecule has 7 heteroatoms. The molecular formula is C22H23ClN4S2. The van der Waals surface area contributed by atoms with Crippen LogP contribution in [-0.4, -0.2) is 35.5 Å². The van der Waals surface area contributed by atoms with E-state index in [9.17, 15) is 0 Å². The van der Waals surface area contributed by atoms with Gasteiger partial charge in [-0.25, -0.2) is 0 Å². The van der Waals surface area contributed by atoms with Crippen molar-refractivity contribution in [3.05, 3.63) is 59.8 Å². The molecule has 0 amide bonds. The second kappa shape index (κ2) is 9.20. The summed E-state index contributed by atoms with van der Waals surface area (Å²) >= 11 is 13.5. The van der Waals surface area contributed by atoms with Gasteiger partial charge < -0.3 is 15.5 Å². The molecular weight excluding hydrogens is 420 g/mol. The molecule has 1 aliphatic rings. The molecule has 0 radical (unpaired) electrons. The van der Waals surface area contributed by atoms with Crippen LogP contribution in [-0.2, 0) is 0 Å². The molecule has 0 aliphatic carbocycles. The molecule has 29 heavy (non-hydrogen) atoms. The molecule has 1 aliphatic heterocycles. The average molecular weight is 443 g/mol. The molecule has 2 N–H and O–H groups in total. The summed E-state index contributed by atoms with van der Waals surface area (Å²) in [6.07, 6.45) is 6.00. The van der Waals surface area contributed by atoms with E-state index < -0.39 is 0 Å². The maximum absolute atomic E-state index is 6.22. The Morgan fingerprint density at radius 2 is 2.00 bits per heavy atom. The summed E-state index contributed by atoms with van der Waals surface area (Å²) in [7, 11) is 0. The Labute approximate surface area is 186 Å². The van der Waals surface area contributed by atoms with Gasteiger partial charge in [0.05, 0.1) is 5.52 Å². The maximum Gasteiger partial charge on any atom is 0.170 e. The number of benzene rings is 2. The third kappa shape index (κ3) is 4.94. The van der Waals surface area contributed by atoms with Crippen molar-refractivity contribution in [2.45, 2.75) is 23.8 Å². The molecule has 4 nitrogen and oxygen atoms in total. The first kappa shape index (κ1) is 20.3. The molecule has 0 saturated carbocycles. The number of hydrogen-bond acceptors (Lipinski definition) is 4. The lowest BCUT2D eigenvalue weighted by molar-refractivity contribution is 0.468. The Bertz CT molecular complexity index is 1020. The normalized spacial score (nSPS) is 14.8. The second-order valence-corrected chi connectivity index (χ2v) is 8.81. The van der Waals surface area contributed by atoms with Crippen LogP contribution in [0.5, 0.6) is 0 Å². The number of hydrogen-bond donors (Lipinski definition) is 2. The summed E-state index contributed by atoms with van der Waals surface area (Å²) in [6.45, 7) is 1.93. The van der Waals surface area contributed by atoms with Gasteiger partial charge in [-0.2, -0.15) is 0 Å². The van der Waals surface area contributed by atoms with E-state index in [1.54, 1.807) is 11.8 Å². The highest BCUT2D eigenvalue weighted by Gasteiger charge is 2.21. The van der Waals surface area contributed by atoms with Crippen LogP contribution in [0.3, 0.4) is 0 Å². The van der Waals surface area contributed by atoms with Crippen molar-refractivity contribution in [3.8, 4) is 0 Å². The molecule has 0 bridgehead atoms. The van der Waals surface area contributed by atoms with Crippen LogP contribution in [0.15, 0.2) is 59.6 Å². The molecule has 150 valence electrons. The van der Waals surface area contributed by atoms with Crippen LogP contribution >= 0.6 is 35.6 Å². The summed E-state index contributed by atoms with van der Waals surface area (Å²) in [5, 5.41) is 9.32. The van der Waals surface area contributed by atoms with Gasteiger partial charge in [-0.1, -0.05) is 17.7 Å². The number of anilines is 2. The topological polar surface area (TPSA) is 40.2 Å². The van der Waals surface area contributed by atoms with E-state index in [-0.39, 0.29) is 0 Å². The van der Waals surface area contributed by atoms with Crippen LogP contribution in [0.2, 0.25) is 5.02 Å². The molecule has 0 spiro atoms. The van der Waals surface area contributed by atoms with E-state index in [0.29, 0.717) is 11.2 Å². The van der Waals surface area contributed by atoms with Gasteiger partial charge in [0.1, 0.15) is 0 Å². The number of fused-ring (bicyclic) bond motifs is 1. The van der Waals surface area contributed by atoms with Crippen LogP contribution in [0.25, 0.3) is 10.9 Å². The monoisotopic (exact) mass is 442 g/mol. The third-order valence-corrected chi connectivity index (χ3v) is 6.36. The number of thioether (sulfide) groups is 1. The van der Waals surface area contributed by atoms with Crippen LogP contribution in [0, 0.1) is 0 Å². The van der Waals surface area contributed by atoms with E-state index in [4.69, 9.17) is 23.8 Å². The van der Waals surface area contributed by atoms with E-state index in [2.05, 4.69) is 45.0 Å². The number of piperidine rings is 1. The number of nitrogens with one attached hydrogen (secondary N) is 2. The first-order valence-corrected chi connectivity index (χ1v) is 11.6. The molecule has 1 saturated heterocycles. The summed E-state index contributed by atoms with van der Waals surface area (Å²) < 4.78 is 0. The van der Waals surface area contributed by atoms with Gasteiger partial charge in [0.25, 0.3) is 0 Å². The van der Waals surface area contributed by atoms with E-state index in [1.165, 1.54) is 10.6 Å². The molecule has 1 aromatic heterocycles. The van der Waals surface area contributed by atoms with Crippen molar-refractivity contribution >= 4 is 63.0 Å². The van der Waals surface area contributed by atoms with E-state index in [1.807, 2.05) is 36.5 Å². The molecule has 1 fully saturated rings. The fourth-order valence-corrected chi connectivity index (χ4v) is 4.61. The smallest absolute Gasteiger partial charge is 0.170 e. The minimum absolute atomic E-state index is 0.367. The van der Waals surface area contributed by atoms with Crippen molar-refractivity contribution in [1.82, 2.24) is 10.3 Å². The zero-order valence-corrected chi connectivity index (χ0v) is 18.6. The van der Waals surface area contributed by atoms with Gasteiger partial charge in [0.15, 0.2) is 5.11 Å². The minimum Gasteiger partial charge on any atom is -0.371 e. The number of nitrogens with zero attached hydrogens (tertiary/aromatic N) is 2. The zero-order valence-electron chi connectivity index (χ0n) is 16.2. The third-order valence-electron chi connectivity index (χ3n) is 5.18. The van der Waals surface area contributed by atoms with Crippen LogP contribution in [0.4, 0.5) is 11.4 Å². The predicted octanol–water partition coefficient (Wildman–Crippen LogP) is 5.57. The van der Waals surface area contributed by atoms with Crippen molar-refractivity contribution in [3.63, 3.8) is 0 Å². The number of aromatic nitrogens is 1. The van der Waals surface area contributed by atoms with Gasteiger partial charge >= 0.3 is 0 Å². The first-order chi connectivity index (χ1) is 14.1. The van der Waals surface area contributed by atoms with E-state index >= 15 is 0 Å². The summed E-state index contributed by atoms with van der Waals surface area (Å²) in [6, 6.07) is 16.6. The summed E-state index contributed by atoms with van der Waals surface area (Å²) in [4.78, 5) is 8.09. The lowest BCUT2D eigenvalue weighted by Gasteiger charge is -2.35. The fourth-order valence-electron chi connectivity index (χ4n) is 3.70. The highest BCUT2D eigenvalue weighted by atomic mass is 35.5. The van der Waals surface area contributed by atoms with Crippen molar-refractivity contribution in [2.75, 3.05) is 29.6 Å². The number of pyridine rings is 1. The Hall–Kier alpha value is -2.02. The van der Waals surface area contributed by atoms with E-state index in [0.717, 1.165) is 47.5 Å². The Morgan fingerprint density at radius 3 is 2.79 bits per heavy atom. The fraction of sp³-hybridized carbons (Fsp3) is 0.273. The zero-order chi connectivity index (χ0) is 20.2. The van der Waals surface area contributed by atoms with Crippen LogP contribution in [0.1, 0.15) is 12.8 Å². The predicted molar refractivity (Wildman–Crippen MR) is 130 cm³/mol. The molecule has 2 aromatic carbocycles. The Morgan fingerprint density at radius 1 is 1.17 bits per heavy atom. The number of thiocarbonyl (C=S) groups is 1. The van der Waals surface area contributed by atoms with Gasteiger partial charge in [-0.15, -0.1) is 11.8 Å². The first-order valence-electron chi connectivity index (χ1n) is 9.63. The molecule has 4 rings (SSSR count). The standard InChI is InChI=1S/C22H23ClN4S2/c1-29-18-4-2-3-17(14-18)26-22(28)25-16-8-11-27(12-9-16)21-7-10-24-20-6-5-15(23)13-19(20)21/h2-7,10,13-14,16H,8-9,11-12H2,1H3,(H2,25,26,28). The number of halogens is 1. The van der Waals surface area contributed by atoms with Crippen molar-refractivity contribution in [2.24, 2.45) is 0 Å². The van der Waals surface area contributed by atoms with Crippen LogP contribution < -0.4 is 15.5 Å². The largest absolute Gasteiger partial charge is 0.371 e. The molecule has 0 atom stereocenters. The van der Waals surface area contributed by atoms with Gasteiger partial charge in [-0.05, 0) is 73.8 Å². The highest BCUT2D eigenvalue weighted by Crippen LogP contribution is 2.30. The van der Waals surface area contributed by atoms with Gasteiger partial charge in [0.2, 0.25) is 0 Å². The van der Waals surface area contributed by atoms with Gasteiger partial charge in [-0.3, -0.25) is 4.98 Å². The molecule has 2 heterocycles. The SMILES string of the molecule is CSc1cccc(NC(=S)NC2CCN(c3ccnc4ccc(Cl)cc34)CC2)c1. The Kier molecular flexibility index (Phi) is 6.43. The number of rotatable bonds is 4. The molecule has 0 unspecified atom stereocenters. The maximum atomic E-state index is 6.22. The van der Waals surface area contributed by atoms with Gasteiger partial charge in [0, 0.05) is 52.0 Å². The lowest BCUT2D eigenvalue weighted by Crippen LogP contribution is -2.46. The average Bonchev–Trinajstić information content (AvgIpc) is 2.74. The summed E-state index contributed by atoms with van der Waals surface area (Å²) in [5.74, 6) is 0. The Balaban J connectivity index is 1.36. The van der Waals surface area contributed by atoms with Crippen molar-refractivity contribution in [1.29, 1.82) is 0 Å².